The van der Waals surface area contributed by atoms with Crippen LogP contribution in [-0.2, 0) is 26.1 Å². The average molecular weight is 340 g/mol. The molecular formula is C16H24N2O4S. The normalized spacial score (nSPS) is 29.2. The fraction of sp³-hybridized carbons (Fsp3) is 0.688. The largest absolute Gasteiger partial charge is 0.377 e. The summed E-state index contributed by atoms with van der Waals surface area (Å²) in [5, 5.41) is 0. The molecule has 2 saturated heterocycles. The fourth-order valence-corrected chi connectivity index (χ4v) is 4.51. The Hall–Kier alpha value is -1.02. The van der Waals surface area contributed by atoms with Crippen LogP contribution in [-0.4, -0.2) is 56.4 Å². The summed E-state index contributed by atoms with van der Waals surface area (Å²) in [5.41, 5.74) is 0.641. The minimum absolute atomic E-state index is 0.0815. The van der Waals surface area contributed by atoms with Crippen LogP contribution in [0.25, 0.3) is 0 Å². The Kier molecular flexibility index (Phi) is 5.01. The van der Waals surface area contributed by atoms with Crippen LogP contribution in [0.3, 0.4) is 0 Å². The van der Waals surface area contributed by atoms with Gasteiger partial charge in [-0.05, 0) is 31.4 Å². The molecule has 2 aliphatic heterocycles. The number of ether oxygens (including phenoxy) is 2. The number of hydrogen-bond donors (Lipinski definition) is 0. The van der Waals surface area contributed by atoms with Gasteiger partial charge in [0.25, 0.3) is 0 Å². The molecule has 23 heavy (non-hydrogen) atoms. The van der Waals surface area contributed by atoms with E-state index in [1.165, 1.54) is 6.26 Å². The molecule has 0 radical (unpaired) electrons. The summed E-state index contributed by atoms with van der Waals surface area (Å²) in [6.45, 7) is 2.71. The summed E-state index contributed by atoms with van der Waals surface area (Å²) >= 11 is 0. The summed E-state index contributed by atoms with van der Waals surface area (Å²) in [5.74, 6) is 0. The lowest BCUT2D eigenvalue weighted by Crippen LogP contribution is -2.57. The van der Waals surface area contributed by atoms with Crippen molar-refractivity contribution >= 4 is 10.0 Å². The van der Waals surface area contributed by atoms with E-state index in [4.69, 9.17) is 9.47 Å². The number of sulfonamides is 1. The lowest BCUT2D eigenvalue weighted by Gasteiger charge is -2.49. The van der Waals surface area contributed by atoms with E-state index in [-0.39, 0.29) is 11.5 Å². The lowest BCUT2D eigenvalue weighted by atomic mass is 9.73. The molecule has 0 spiro atoms. The van der Waals surface area contributed by atoms with Gasteiger partial charge in [0, 0.05) is 31.3 Å². The molecule has 2 aliphatic rings. The molecule has 0 bridgehead atoms. The van der Waals surface area contributed by atoms with Gasteiger partial charge in [-0.3, -0.25) is 4.98 Å². The van der Waals surface area contributed by atoms with E-state index in [9.17, 15) is 8.42 Å². The van der Waals surface area contributed by atoms with Crippen LogP contribution in [0.2, 0.25) is 0 Å². The zero-order valence-electron chi connectivity index (χ0n) is 13.5. The van der Waals surface area contributed by atoms with Crippen molar-refractivity contribution in [3.05, 3.63) is 30.1 Å². The fourth-order valence-electron chi connectivity index (χ4n) is 3.59. The minimum atomic E-state index is -3.18. The number of pyridine rings is 1. The molecular weight excluding hydrogens is 316 g/mol. The van der Waals surface area contributed by atoms with Gasteiger partial charge in [0.05, 0.1) is 31.3 Å². The maximum absolute atomic E-state index is 11.9. The highest BCUT2D eigenvalue weighted by Gasteiger charge is 2.47. The van der Waals surface area contributed by atoms with Crippen LogP contribution in [0.15, 0.2) is 24.4 Å². The van der Waals surface area contributed by atoms with Crippen LogP contribution in [0.4, 0.5) is 0 Å². The molecule has 0 saturated carbocycles. The third-order valence-electron chi connectivity index (χ3n) is 4.79. The second-order valence-corrected chi connectivity index (χ2v) is 8.51. The Morgan fingerprint density at radius 3 is 3.09 bits per heavy atom. The molecule has 0 unspecified atom stereocenters. The molecule has 7 heteroatoms. The molecule has 0 aliphatic carbocycles. The van der Waals surface area contributed by atoms with E-state index in [0.717, 1.165) is 31.6 Å². The second kappa shape index (κ2) is 6.84. The maximum Gasteiger partial charge on any atom is 0.211 e. The van der Waals surface area contributed by atoms with Gasteiger partial charge < -0.3 is 9.47 Å². The van der Waals surface area contributed by atoms with Gasteiger partial charge >= 0.3 is 0 Å². The topological polar surface area (TPSA) is 68.7 Å². The maximum atomic E-state index is 11.9. The van der Waals surface area contributed by atoms with Crippen molar-refractivity contribution in [2.75, 3.05) is 32.6 Å². The van der Waals surface area contributed by atoms with E-state index in [2.05, 4.69) is 4.98 Å². The number of hydrogen-bond acceptors (Lipinski definition) is 5. The highest BCUT2D eigenvalue weighted by Crippen LogP contribution is 2.41. The summed E-state index contributed by atoms with van der Waals surface area (Å²) in [6.07, 6.45) is 5.72. The highest BCUT2D eigenvalue weighted by atomic mass is 32.2. The molecule has 0 aromatic carbocycles. The van der Waals surface area contributed by atoms with E-state index in [0.29, 0.717) is 26.3 Å². The Labute approximate surface area is 137 Å². The molecule has 128 valence electrons. The Balaban J connectivity index is 1.68. The van der Waals surface area contributed by atoms with Crippen molar-refractivity contribution in [1.29, 1.82) is 0 Å². The number of nitrogens with zero attached hydrogens (tertiary/aromatic N) is 2. The first-order valence-corrected chi connectivity index (χ1v) is 9.89. The SMILES string of the molecule is CS(=O)(=O)N1CC[C@H]2OCCC[C@@]2(COCc2ccccn2)C1. The number of aromatic nitrogens is 1. The van der Waals surface area contributed by atoms with Crippen LogP contribution < -0.4 is 0 Å². The highest BCUT2D eigenvalue weighted by molar-refractivity contribution is 7.88. The smallest absolute Gasteiger partial charge is 0.211 e. The molecule has 3 rings (SSSR count). The Morgan fingerprint density at radius 1 is 1.48 bits per heavy atom. The zero-order valence-corrected chi connectivity index (χ0v) is 14.3. The summed E-state index contributed by atoms with van der Waals surface area (Å²) in [4.78, 5) is 4.25. The molecule has 0 N–H and O–H groups in total. The monoisotopic (exact) mass is 340 g/mol. The molecule has 1 aromatic heterocycles. The van der Waals surface area contributed by atoms with Gasteiger partial charge in [0.15, 0.2) is 0 Å². The van der Waals surface area contributed by atoms with E-state index < -0.39 is 10.0 Å². The van der Waals surface area contributed by atoms with E-state index in [1.807, 2.05) is 18.2 Å². The van der Waals surface area contributed by atoms with E-state index >= 15 is 0 Å². The average Bonchev–Trinajstić information content (AvgIpc) is 2.54. The van der Waals surface area contributed by atoms with Crippen molar-refractivity contribution < 1.29 is 17.9 Å². The Bertz CT molecular complexity index is 622. The summed E-state index contributed by atoms with van der Waals surface area (Å²) in [6, 6.07) is 5.73. The summed E-state index contributed by atoms with van der Waals surface area (Å²) < 4.78 is 37.3. The molecule has 3 heterocycles. The predicted molar refractivity (Wildman–Crippen MR) is 86.3 cm³/mol. The van der Waals surface area contributed by atoms with Crippen molar-refractivity contribution in [2.24, 2.45) is 5.41 Å². The van der Waals surface area contributed by atoms with Crippen LogP contribution >= 0.6 is 0 Å². The van der Waals surface area contributed by atoms with Crippen molar-refractivity contribution in [1.82, 2.24) is 9.29 Å². The van der Waals surface area contributed by atoms with Crippen molar-refractivity contribution in [3.63, 3.8) is 0 Å². The van der Waals surface area contributed by atoms with Crippen molar-refractivity contribution in [3.8, 4) is 0 Å². The molecule has 0 amide bonds. The van der Waals surface area contributed by atoms with Crippen LogP contribution in [0, 0.1) is 5.41 Å². The van der Waals surface area contributed by atoms with Crippen LogP contribution in [0.1, 0.15) is 25.0 Å². The minimum Gasteiger partial charge on any atom is -0.377 e. The van der Waals surface area contributed by atoms with Gasteiger partial charge in [-0.25, -0.2) is 12.7 Å². The number of piperidine rings is 1. The van der Waals surface area contributed by atoms with Crippen molar-refractivity contribution in [2.45, 2.75) is 32.0 Å². The van der Waals surface area contributed by atoms with Gasteiger partial charge in [0.2, 0.25) is 10.0 Å². The lowest BCUT2D eigenvalue weighted by molar-refractivity contribution is -0.144. The van der Waals surface area contributed by atoms with E-state index in [1.54, 1.807) is 10.5 Å². The van der Waals surface area contributed by atoms with Gasteiger partial charge in [-0.15, -0.1) is 0 Å². The first-order valence-electron chi connectivity index (χ1n) is 8.04. The zero-order chi connectivity index (χ0) is 16.3. The molecule has 1 aromatic rings. The molecule has 6 nitrogen and oxygen atoms in total. The van der Waals surface area contributed by atoms with Gasteiger partial charge in [-0.2, -0.15) is 0 Å². The quantitative estimate of drug-likeness (QED) is 0.811. The first-order chi connectivity index (χ1) is 11.0. The molecule has 2 fully saturated rings. The number of fused-ring (bicyclic) bond motifs is 1. The standard InChI is InChI=1S/C16H24N2O4S/c1-23(19,20)18-9-6-15-16(12-18,7-4-10-22-15)13-21-11-14-5-2-3-8-17-14/h2-3,5,8,15H,4,6-7,9-13H2,1H3/t15-,16+/m1/s1. The third-order valence-corrected chi connectivity index (χ3v) is 6.04. The third kappa shape index (κ3) is 3.91. The molecule has 2 atom stereocenters. The van der Waals surface area contributed by atoms with Gasteiger partial charge in [0.1, 0.15) is 0 Å². The van der Waals surface area contributed by atoms with Gasteiger partial charge in [-0.1, -0.05) is 6.07 Å². The van der Waals surface area contributed by atoms with Crippen LogP contribution in [0.5, 0.6) is 0 Å². The second-order valence-electron chi connectivity index (χ2n) is 6.52. The predicted octanol–water partition coefficient (Wildman–Crippen LogP) is 1.43. The first kappa shape index (κ1) is 16.8. The number of rotatable bonds is 5. The summed E-state index contributed by atoms with van der Waals surface area (Å²) in [7, 11) is -3.18. The Morgan fingerprint density at radius 2 is 2.35 bits per heavy atom.